The summed E-state index contributed by atoms with van der Waals surface area (Å²) >= 11 is 5.85. The molecule has 1 aliphatic rings. The Bertz CT molecular complexity index is 681. The van der Waals surface area contributed by atoms with Crippen LogP contribution in [0.15, 0.2) is 12.4 Å². The van der Waals surface area contributed by atoms with Crippen LogP contribution in [0.5, 0.6) is 0 Å². The molecule has 118 valence electrons. The molecule has 2 aromatic heterocycles. The molecule has 1 fully saturated rings. The SMILES string of the molecule is CN(C(=O)O)C1CCC(Cn2ncc3cnc(Cl)nc32)CC1. The number of aromatic nitrogens is 4. The van der Waals surface area contributed by atoms with E-state index in [1.807, 2.05) is 4.68 Å². The van der Waals surface area contributed by atoms with Crippen molar-refractivity contribution in [2.75, 3.05) is 7.05 Å². The zero-order valence-corrected chi connectivity index (χ0v) is 13.1. The van der Waals surface area contributed by atoms with Gasteiger partial charge in [-0.25, -0.2) is 14.5 Å². The van der Waals surface area contributed by atoms with Crippen molar-refractivity contribution in [2.24, 2.45) is 5.92 Å². The Balaban J connectivity index is 1.65. The maximum absolute atomic E-state index is 11.0. The van der Waals surface area contributed by atoms with E-state index in [-0.39, 0.29) is 11.3 Å². The molecule has 1 N–H and O–H groups in total. The third kappa shape index (κ3) is 2.99. The smallest absolute Gasteiger partial charge is 0.407 e. The minimum Gasteiger partial charge on any atom is -0.465 e. The van der Waals surface area contributed by atoms with Gasteiger partial charge in [0.25, 0.3) is 0 Å². The first kappa shape index (κ1) is 15.0. The van der Waals surface area contributed by atoms with E-state index < -0.39 is 6.09 Å². The maximum atomic E-state index is 11.0. The fraction of sp³-hybridized carbons (Fsp3) is 0.571. The summed E-state index contributed by atoms with van der Waals surface area (Å²) in [5.74, 6) is 0.482. The van der Waals surface area contributed by atoms with Gasteiger partial charge in [0.2, 0.25) is 5.28 Å². The van der Waals surface area contributed by atoms with Crippen molar-refractivity contribution < 1.29 is 9.90 Å². The van der Waals surface area contributed by atoms with Crippen molar-refractivity contribution in [3.63, 3.8) is 0 Å². The molecule has 0 aliphatic heterocycles. The van der Waals surface area contributed by atoms with Crippen molar-refractivity contribution in [1.29, 1.82) is 0 Å². The predicted molar refractivity (Wildman–Crippen MR) is 81.9 cm³/mol. The van der Waals surface area contributed by atoms with Gasteiger partial charge in [-0.1, -0.05) is 0 Å². The first-order chi connectivity index (χ1) is 10.5. The van der Waals surface area contributed by atoms with Gasteiger partial charge in [-0.15, -0.1) is 0 Å². The van der Waals surface area contributed by atoms with Crippen LogP contribution in [0, 0.1) is 5.92 Å². The summed E-state index contributed by atoms with van der Waals surface area (Å²) in [5, 5.41) is 14.5. The van der Waals surface area contributed by atoms with Crippen molar-refractivity contribution in [3.8, 4) is 0 Å². The minimum absolute atomic E-state index is 0.125. The number of carboxylic acid groups (broad SMARTS) is 1. The van der Waals surface area contributed by atoms with Crippen LogP contribution < -0.4 is 0 Å². The van der Waals surface area contributed by atoms with Gasteiger partial charge in [-0.05, 0) is 43.2 Å². The Hall–Kier alpha value is -1.89. The van der Waals surface area contributed by atoms with Gasteiger partial charge in [0.05, 0.1) is 11.6 Å². The highest BCUT2D eigenvalue weighted by Crippen LogP contribution is 2.29. The van der Waals surface area contributed by atoms with E-state index >= 15 is 0 Å². The van der Waals surface area contributed by atoms with E-state index in [0.29, 0.717) is 5.92 Å². The first-order valence-electron chi connectivity index (χ1n) is 7.34. The molecule has 3 rings (SSSR count). The molecular formula is C14H18ClN5O2. The number of fused-ring (bicyclic) bond motifs is 1. The highest BCUT2D eigenvalue weighted by atomic mass is 35.5. The molecule has 1 saturated carbocycles. The highest BCUT2D eigenvalue weighted by molar-refractivity contribution is 6.28. The summed E-state index contributed by atoms with van der Waals surface area (Å²) in [6.07, 6.45) is 6.32. The quantitative estimate of drug-likeness (QED) is 0.878. The lowest BCUT2D eigenvalue weighted by molar-refractivity contribution is 0.116. The van der Waals surface area contributed by atoms with Crippen LogP contribution in [-0.4, -0.2) is 48.9 Å². The number of nitrogens with zero attached hydrogens (tertiary/aromatic N) is 5. The zero-order valence-electron chi connectivity index (χ0n) is 12.3. The zero-order chi connectivity index (χ0) is 15.7. The summed E-state index contributed by atoms with van der Waals surface area (Å²) in [6.45, 7) is 0.778. The number of halogens is 1. The second-order valence-corrected chi connectivity index (χ2v) is 6.15. The Morgan fingerprint density at radius 1 is 1.41 bits per heavy atom. The molecule has 0 spiro atoms. The van der Waals surface area contributed by atoms with Gasteiger partial charge in [-0.2, -0.15) is 10.1 Å². The first-order valence-corrected chi connectivity index (χ1v) is 7.72. The van der Waals surface area contributed by atoms with Crippen LogP contribution in [0.25, 0.3) is 11.0 Å². The van der Waals surface area contributed by atoms with Crippen LogP contribution in [0.1, 0.15) is 25.7 Å². The third-order valence-electron chi connectivity index (χ3n) is 4.44. The molecular weight excluding hydrogens is 306 g/mol. The normalized spacial score (nSPS) is 21.9. The number of hydrogen-bond donors (Lipinski definition) is 1. The van der Waals surface area contributed by atoms with E-state index in [1.165, 1.54) is 4.90 Å². The monoisotopic (exact) mass is 323 g/mol. The Labute approximate surface area is 132 Å². The molecule has 7 nitrogen and oxygen atoms in total. The molecule has 1 amide bonds. The molecule has 8 heteroatoms. The largest absolute Gasteiger partial charge is 0.465 e. The predicted octanol–water partition coefficient (Wildman–Crippen LogP) is 2.65. The van der Waals surface area contributed by atoms with Crippen LogP contribution >= 0.6 is 11.6 Å². The molecule has 0 atom stereocenters. The van der Waals surface area contributed by atoms with Crippen molar-refractivity contribution >= 4 is 28.7 Å². The molecule has 22 heavy (non-hydrogen) atoms. The lowest BCUT2D eigenvalue weighted by atomic mass is 9.85. The average molecular weight is 324 g/mol. The van der Waals surface area contributed by atoms with Gasteiger partial charge in [0, 0.05) is 25.8 Å². The van der Waals surface area contributed by atoms with Crippen LogP contribution in [-0.2, 0) is 6.54 Å². The van der Waals surface area contributed by atoms with Gasteiger partial charge >= 0.3 is 6.09 Å². The summed E-state index contributed by atoms with van der Waals surface area (Å²) in [5.41, 5.74) is 0.754. The molecule has 0 radical (unpaired) electrons. The maximum Gasteiger partial charge on any atom is 0.407 e. The fourth-order valence-corrected chi connectivity index (χ4v) is 3.22. The van der Waals surface area contributed by atoms with Gasteiger partial charge in [-0.3, -0.25) is 0 Å². The second kappa shape index (κ2) is 6.08. The van der Waals surface area contributed by atoms with Gasteiger partial charge < -0.3 is 10.0 Å². The van der Waals surface area contributed by atoms with Gasteiger partial charge in [0.1, 0.15) is 0 Å². The summed E-state index contributed by atoms with van der Waals surface area (Å²) in [6, 6.07) is 0.125. The van der Waals surface area contributed by atoms with E-state index in [0.717, 1.165) is 43.3 Å². The van der Waals surface area contributed by atoms with E-state index in [4.69, 9.17) is 16.7 Å². The number of hydrogen-bond acceptors (Lipinski definition) is 4. The van der Waals surface area contributed by atoms with Crippen molar-refractivity contribution in [3.05, 3.63) is 17.7 Å². The lowest BCUT2D eigenvalue weighted by Crippen LogP contribution is -2.39. The second-order valence-electron chi connectivity index (χ2n) is 5.81. The molecule has 2 aromatic rings. The van der Waals surface area contributed by atoms with E-state index in [1.54, 1.807) is 19.4 Å². The Kier molecular flexibility index (Phi) is 4.15. The van der Waals surface area contributed by atoms with Crippen molar-refractivity contribution in [2.45, 2.75) is 38.3 Å². The summed E-state index contributed by atoms with van der Waals surface area (Å²) in [7, 11) is 1.65. The number of carbonyl (C=O) groups is 1. The Morgan fingerprint density at radius 2 is 2.14 bits per heavy atom. The molecule has 2 heterocycles. The number of rotatable bonds is 3. The average Bonchev–Trinajstić information content (AvgIpc) is 2.89. The van der Waals surface area contributed by atoms with Crippen LogP contribution in [0.2, 0.25) is 5.28 Å². The van der Waals surface area contributed by atoms with E-state index in [9.17, 15) is 4.79 Å². The molecule has 0 bridgehead atoms. The van der Waals surface area contributed by atoms with Crippen LogP contribution in [0.3, 0.4) is 0 Å². The van der Waals surface area contributed by atoms with Crippen molar-refractivity contribution in [1.82, 2.24) is 24.6 Å². The standard InChI is InChI=1S/C14H18ClN5O2/c1-19(14(21)22)11-4-2-9(3-5-11)8-20-12-10(7-17-20)6-16-13(15)18-12/h6-7,9,11H,2-5,8H2,1H3,(H,21,22). The lowest BCUT2D eigenvalue weighted by Gasteiger charge is -2.33. The fourth-order valence-electron chi connectivity index (χ4n) is 3.09. The molecule has 0 unspecified atom stereocenters. The molecule has 0 aromatic carbocycles. The minimum atomic E-state index is -0.854. The van der Waals surface area contributed by atoms with Crippen LogP contribution in [0.4, 0.5) is 4.79 Å². The molecule has 0 saturated heterocycles. The highest BCUT2D eigenvalue weighted by Gasteiger charge is 2.27. The summed E-state index contributed by atoms with van der Waals surface area (Å²) in [4.78, 5) is 20.6. The molecule has 1 aliphatic carbocycles. The third-order valence-corrected chi connectivity index (χ3v) is 4.63. The van der Waals surface area contributed by atoms with E-state index in [2.05, 4.69) is 15.1 Å². The van der Waals surface area contributed by atoms with Gasteiger partial charge in [0.15, 0.2) is 5.65 Å². The topological polar surface area (TPSA) is 84.1 Å². The summed E-state index contributed by atoms with van der Waals surface area (Å²) < 4.78 is 1.87. The number of amides is 1. The Morgan fingerprint density at radius 3 is 2.82 bits per heavy atom.